The molecule has 0 aliphatic heterocycles. The number of benzene rings is 1. The highest BCUT2D eigenvalue weighted by Crippen LogP contribution is 2.34. The first-order valence-corrected chi connectivity index (χ1v) is 9.24. The molecule has 2 N–H and O–H groups in total. The monoisotopic (exact) mass is 457 g/mol. The van der Waals surface area contributed by atoms with Gasteiger partial charge in [0.1, 0.15) is 18.1 Å². The van der Waals surface area contributed by atoms with Gasteiger partial charge in [-0.3, -0.25) is 0 Å². The number of alkyl halides is 3. The summed E-state index contributed by atoms with van der Waals surface area (Å²) in [6, 6.07) is 5.70. The molecule has 0 spiro atoms. The molecule has 4 rings (SSSR count). The molecule has 0 amide bonds. The Kier molecular flexibility index (Phi) is 5.31. The second-order valence-electron chi connectivity index (χ2n) is 6.13. The van der Waals surface area contributed by atoms with Crippen molar-refractivity contribution in [1.29, 1.82) is 0 Å². The lowest BCUT2D eigenvalue weighted by Crippen LogP contribution is -2.10. The number of aromatic nitrogens is 4. The number of nitrogens with zero attached hydrogens (tertiary/aromatic N) is 4. The Morgan fingerprint density at radius 3 is 2.60 bits per heavy atom. The van der Waals surface area contributed by atoms with Crippen molar-refractivity contribution in [2.75, 3.05) is 13.2 Å². The number of pyridine rings is 1. The molecule has 156 valence electrons. The van der Waals surface area contributed by atoms with Crippen LogP contribution >= 0.6 is 23.2 Å². The van der Waals surface area contributed by atoms with E-state index in [4.69, 9.17) is 38.2 Å². The first kappa shape index (κ1) is 20.5. The van der Waals surface area contributed by atoms with Crippen LogP contribution in [0.5, 0.6) is 5.75 Å². The average molecular weight is 458 g/mol. The van der Waals surface area contributed by atoms with Gasteiger partial charge in [0.25, 0.3) is 5.89 Å². The minimum Gasteiger partial charge on any atom is -0.492 e. The highest BCUT2D eigenvalue weighted by Gasteiger charge is 2.32. The van der Waals surface area contributed by atoms with Crippen LogP contribution in [0.1, 0.15) is 5.56 Å². The van der Waals surface area contributed by atoms with Crippen LogP contribution in [0.15, 0.2) is 41.2 Å². The molecule has 3 heterocycles. The van der Waals surface area contributed by atoms with Gasteiger partial charge in [-0.1, -0.05) is 28.4 Å². The van der Waals surface area contributed by atoms with E-state index in [2.05, 4.69) is 15.1 Å². The summed E-state index contributed by atoms with van der Waals surface area (Å²) in [5.41, 5.74) is 5.27. The molecular formula is C18H12Cl2F3N5O2. The minimum absolute atomic E-state index is 0.0675. The van der Waals surface area contributed by atoms with E-state index in [1.54, 1.807) is 18.2 Å². The Morgan fingerprint density at radius 2 is 1.90 bits per heavy atom. The zero-order valence-electron chi connectivity index (χ0n) is 15.0. The molecule has 0 aliphatic carbocycles. The lowest BCUT2D eigenvalue weighted by molar-refractivity contribution is -0.137. The highest BCUT2D eigenvalue weighted by molar-refractivity contribution is 6.33. The third-order valence-electron chi connectivity index (χ3n) is 4.05. The molecule has 7 nitrogen and oxygen atoms in total. The Bertz CT molecular complexity index is 1220. The van der Waals surface area contributed by atoms with Crippen LogP contribution in [0, 0.1) is 0 Å². The normalized spacial score (nSPS) is 11.9. The summed E-state index contributed by atoms with van der Waals surface area (Å²) in [5, 5.41) is 3.99. The van der Waals surface area contributed by atoms with E-state index in [1.807, 2.05) is 0 Å². The zero-order valence-corrected chi connectivity index (χ0v) is 16.5. The maximum absolute atomic E-state index is 13.0. The first-order chi connectivity index (χ1) is 14.3. The van der Waals surface area contributed by atoms with Gasteiger partial charge in [-0.2, -0.15) is 18.2 Å². The molecule has 0 unspecified atom stereocenters. The molecule has 0 atom stereocenters. The number of imidazole rings is 1. The Balaban J connectivity index is 1.67. The Morgan fingerprint density at radius 1 is 1.10 bits per heavy atom. The number of fused-ring (bicyclic) bond motifs is 1. The van der Waals surface area contributed by atoms with Crippen molar-refractivity contribution in [3.05, 3.63) is 52.3 Å². The number of ether oxygens (including phenoxy) is 1. The summed E-state index contributed by atoms with van der Waals surface area (Å²) in [6.07, 6.45) is -2.33. The average Bonchev–Trinajstić information content (AvgIpc) is 3.33. The van der Waals surface area contributed by atoms with E-state index in [-0.39, 0.29) is 28.1 Å². The second-order valence-corrected chi connectivity index (χ2v) is 6.95. The molecule has 12 heteroatoms. The molecule has 30 heavy (non-hydrogen) atoms. The van der Waals surface area contributed by atoms with E-state index in [0.29, 0.717) is 29.5 Å². The van der Waals surface area contributed by atoms with Crippen LogP contribution in [-0.2, 0) is 6.18 Å². The third-order valence-corrected chi connectivity index (χ3v) is 4.64. The molecule has 0 fully saturated rings. The van der Waals surface area contributed by atoms with Crippen molar-refractivity contribution in [2.45, 2.75) is 6.18 Å². The van der Waals surface area contributed by atoms with Crippen LogP contribution < -0.4 is 10.5 Å². The van der Waals surface area contributed by atoms with E-state index in [9.17, 15) is 13.2 Å². The highest BCUT2D eigenvalue weighted by atomic mass is 35.5. The topological polar surface area (TPSA) is 91.5 Å². The van der Waals surface area contributed by atoms with Crippen molar-refractivity contribution in [1.82, 2.24) is 19.5 Å². The summed E-state index contributed by atoms with van der Waals surface area (Å²) in [7, 11) is 0. The SMILES string of the molecule is NCCOc1ccc(-c2nc(-c3cn4cc(C(F)(F)F)cc(Cl)c4n3)no2)c(Cl)c1. The van der Waals surface area contributed by atoms with Gasteiger partial charge in [-0.25, -0.2) is 4.98 Å². The Hall–Kier alpha value is -2.82. The summed E-state index contributed by atoms with van der Waals surface area (Å²) in [6.45, 7) is 0.701. The van der Waals surface area contributed by atoms with Crippen molar-refractivity contribution >= 4 is 28.8 Å². The summed E-state index contributed by atoms with van der Waals surface area (Å²) < 4.78 is 50.8. The van der Waals surface area contributed by atoms with Gasteiger partial charge in [-0.15, -0.1) is 0 Å². The van der Waals surface area contributed by atoms with E-state index in [1.165, 1.54) is 6.20 Å². The number of halogens is 5. The lowest BCUT2D eigenvalue weighted by atomic mass is 10.2. The number of hydrogen-bond acceptors (Lipinski definition) is 6. The van der Waals surface area contributed by atoms with Gasteiger partial charge in [0.2, 0.25) is 5.82 Å². The van der Waals surface area contributed by atoms with Gasteiger partial charge >= 0.3 is 6.18 Å². The molecular weight excluding hydrogens is 446 g/mol. The molecule has 0 bridgehead atoms. The fourth-order valence-corrected chi connectivity index (χ4v) is 3.20. The van der Waals surface area contributed by atoms with Gasteiger partial charge in [-0.05, 0) is 24.3 Å². The molecule has 4 aromatic rings. The van der Waals surface area contributed by atoms with Crippen LogP contribution in [0.2, 0.25) is 10.0 Å². The maximum Gasteiger partial charge on any atom is 0.417 e. The summed E-state index contributed by atoms with van der Waals surface area (Å²) in [4.78, 5) is 8.43. The smallest absolute Gasteiger partial charge is 0.417 e. The predicted molar refractivity (Wildman–Crippen MR) is 103 cm³/mol. The van der Waals surface area contributed by atoms with Crippen LogP contribution in [0.3, 0.4) is 0 Å². The van der Waals surface area contributed by atoms with Gasteiger partial charge in [0, 0.05) is 18.9 Å². The predicted octanol–water partition coefficient (Wildman–Crippen LogP) is 4.71. The molecule has 0 saturated carbocycles. The summed E-state index contributed by atoms with van der Waals surface area (Å²) >= 11 is 12.2. The van der Waals surface area contributed by atoms with Gasteiger partial charge in [0.05, 0.1) is 21.2 Å². The number of hydrogen-bond donors (Lipinski definition) is 1. The lowest BCUT2D eigenvalue weighted by Gasteiger charge is -2.07. The third kappa shape index (κ3) is 3.93. The van der Waals surface area contributed by atoms with Crippen LogP contribution in [0.25, 0.3) is 28.6 Å². The first-order valence-electron chi connectivity index (χ1n) is 8.48. The second kappa shape index (κ2) is 7.78. The van der Waals surface area contributed by atoms with Crippen molar-refractivity contribution in [2.24, 2.45) is 5.73 Å². The number of rotatable bonds is 5. The molecule has 1 aromatic carbocycles. The standard InChI is InChI=1S/C18H12Cl2F3N5O2/c19-12-6-10(29-4-3-24)1-2-11(12)17-26-15(27-30-17)14-8-28-7-9(18(21,22)23)5-13(20)16(28)25-14/h1-2,5-8H,3-4,24H2. The quantitative estimate of drug-likeness (QED) is 0.466. The molecule has 0 radical (unpaired) electrons. The van der Waals surface area contributed by atoms with Gasteiger partial charge < -0.3 is 19.4 Å². The van der Waals surface area contributed by atoms with E-state index < -0.39 is 11.7 Å². The summed E-state index contributed by atoms with van der Waals surface area (Å²) in [5.74, 6) is 0.710. The van der Waals surface area contributed by atoms with Crippen molar-refractivity contribution in [3.63, 3.8) is 0 Å². The molecule has 0 aliphatic rings. The minimum atomic E-state index is -4.54. The van der Waals surface area contributed by atoms with E-state index >= 15 is 0 Å². The molecule has 3 aromatic heterocycles. The Labute approximate surface area is 177 Å². The van der Waals surface area contributed by atoms with Crippen LogP contribution in [-0.4, -0.2) is 32.7 Å². The van der Waals surface area contributed by atoms with E-state index in [0.717, 1.165) is 16.7 Å². The maximum atomic E-state index is 13.0. The van der Waals surface area contributed by atoms with Crippen LogP contribution in [0.4, 0.5) is 13.2 Å². The fraction of sp³-hybridized carbons (Fsp3) is 0.167. The van der Waals surface area contributed by atoms with Crippen molar-refractivity contribution < 1.29 is 22.4 Å². The molecule has 0 saturated heterocycles. The number of nitrogens with two attached hydrogens (primary N) is 1. The zero-order chi connectivity index (χ0) is 21.5. The van der Waals surface area contributed by atoms with Gasteiger partial charge in [0.15, 0.2) is 5.65 Å². The van der Waals surface area contributed by atoms with Crippen molar-refractivity contribution in [3.8, 4) is 28.7 Å². The largest absolute Gasteiger partial charge is 0.492 e. The fourth-order valence-electron chi connectivity index (χ4n) is 2.69.